The third-order valence-electron chi connectivity index (χ3n) is 5.29. The Morgan fingerprint density at radius 1 is 0.889 bits per heavy atom. The zero-order valence-electron chi connectivity index (χ0n) is 15.4. The van der Waals surface area contributed by atoms with Gasteiger partial charge >= 0.3 is 6.03 Å². The summed E-state index contributed by atoms with van der Waals surface area (Å²) in [7, 11) is 0. The highest BCUT2D eigenvalue weighted by Crippen LogP contribution is 2.23. The van der Waals surface area contributed by atoms with Crippen molar-refractivity contribution in [3.05, 3.63) is 84.7 Å². The number of hydrogen-bond donors (Lipinski definition) is 1. The number of rotatable bonds is 4. The first-order valence-electron chi connectivity index (χ1n) is 9.61. The van der Waals surface area contributed by atoms with Crippen molar-refractivity contribution in [3.8, 4) is 5.69 Å². The van der Waals surface area contributed by atoms with Crippen LogP contribution in [-0.4, -0.2) is 28.6 Å². The van der Waals surface area contributed by atoms with Crippen LogP contribution in [0.3, 0.4) is 0 Å². The van der Waals surface area contributed by atoms with Gasteiger partial charge in [-0.15, -0.1) is 0 Å². The molecule has 27 heavy (non-hydrogen) atoms. The Morgan fingerprint density at radius 2 is 1.56 bits per heavy atom. The van der Waals surface area contributed by atoms with Crippen LogP contribution in [0.15, 0.2) is 79.1 Å². The number of hydrogen-bond acceptors (Lipinski definition) is 1. The monoisotopic (exact) mass is 359 g/mol. The van der Waals surface area contributed by atoms with Crippen molar-refractivity contribution in [3.63, 3.8) is 0 Å². The van der Waals surface area contributed by atoms with Crippen LogP contribution in [0, 0.1) is 5.92 Å². The molecule has 1 aliphatic rings. The lowest BCUT2D eigenvalue weighted by Crippen LogP contribution is -2.41. The minimum atomic E-state index is 0.00993. The fourth-order valence-electron chi connectivity index (χ4n) is 3.71. The number of carbonyl (C=O) groups excluding carboxylic acids is 1. The standard InChI is InChI=1S/C23H25N3O/c27-23(24-21-6-2-1-3-7-21)26-16-12-20(13-17-26)18-19-8-10-22(11-9-19)25-14-4-5-15-25/h1-11,14-15,20H,12-13,16-18H2,(H,24,27). The van der Waals surface area contributed by atoms with E-state index < -0.39 is 0 Å². The van der Waals surface area contributed by atoms with Crippen molar-refractivity contribution >= 4 is 11.7 Å². The predicted molar refractivity (Wildman–Crippen MR) is 109 cm³/mol. The minimum absolute atomic E-state index is 0.00993. The molecule has 4 heteroatoms. The number of para-hydroxylation sites is 1. The number of amides is 2. The van der Waals surface area contributed by atoms with Gasteiger partial charge in [-0.1, -0.05) is 30.3 Å². The molecule has 0 aliphatic carbocycles. The van der Waals surface area contributed by atoms with E-state index in [1.807, 2.05) is 47.4 Å². The summed E-state index contributed by atoms with van der Waals surface area (Å²) < 4.78 is 2.12. The van der Waals surface area contributed by atoms with Crippen molar-refractivity contribution < 1.29 is 4.79 Å². The second-order valence-corrected chi connectivity index (χ2v) is 7.19. The molecule has 138 valence electrons. The first-order chi connectivity index (χ1) is 13.3. The zero-order chi connectivity index (χ0) is 18.5. The van der Waals surface area contributed by atoms with Gasteiger partial charge in [0.1, 0.15) is 0 Å². The van der Waals surface area contributed by atoms with E-state index in [2.05, 4.69) is 46.5 Å². The fraction of sp³-hybridized carbons (Fsp3) is 0.261. The Balaban J connectivity index is 1.27. The number of aromatic nitrogens is 1. The molecule has 4 rings (SSSR count). The van der Waals surface area contributed by atoms with E-state index in [1.165, 1.54) is 11.3 Å². The first-order valence-corrected chi connectivity index (χ1v) is 9.61. The Kier molecular flexibility index (Phi) is 5.24. The molecule has 3 aromatic rings. The van der Waals surface area contributed by atoms with E-state index in [-0.39, 0.29) is 6.03 Å². The van der Waals surface area contributed by atoms with Gasteiger partial charge in [-0.05, 0) is 67.1 Å². The van der Waals surface area contributed by atoms with Crippen LogP contribution in [0.4, 0.5) is 10.5 Å². The average molecular weight is 359 g/mol. The van der Waals surface area contributed by atoms with Gasteiger partial charge in [0, 0.05) is 36.9 Å². The molecule has 0 saturated carbocycles. The van der Waals surface area contributed by atoms with Gasteiger partial charge in [0.2, 0.25) is 0 Å². The van der Waals surface area contributed by atoms with Crippen LogP contribution in [0.25, 0.3) is 5.69 Å². The Hall–Kier alpha value is -3.01. The number of urea groups is 1. The molecule has 2 heterocycles. The zero-order valence-corrected chi connectivity index (χ0v) is 15.4. The molecule has 0 bridgehead atoms. The van der Waals surface area contributed by atoms with Gasteiger partial charge < -0.3 is 14.8 Å². The number of anilines is 1. The highest BCUT2D eigenvalue weighted by Gasteiger charge is 2.23. The summed E-state index contributed by atoms with van der Waals surface area (Å²) in [5.41, 5.74) is 3.42. The topological polar surface area (TPSA) is 37.3 Å². The van der Waals surface area contributed by atoms with Gasteiger partial charge in [-0.3, -0.25) is 0 Å². The van der Waals surface area contributed by atoms with Crippen molar-refractivity contribution in [2.75, 3.05) is 18.4 Å². The van der Waals surface area contributed by atoms with E-state index >= 15 is 0 Å². The molecule has 0 unspecified atom stereocenters. The van der Waals surface area contributed by atoms with Crippen LogP contribution in [0.1, 0.15) is 18.4 Å². The van der Waals surface area contributed by atoms with Gasteiger partial charge in [0.25, 0.3) is 0 Å². The second-order valence-electron chi connectivity index (χ2n) is 7.19. The highest BCUT2D eigenvalue weighted by atomic mass is 16.2. The maximum atomic E-state index is 12.4. The number of benzene rings is 2. The van der Waals surface area contributed by atoms with Crippen LogP contribution in [0.5, 0.6) is 0 Å². The molecule has 1 aromatic heterocycles. The van der Waals surface area contributed by atoms with Crippen LogP contribution in [0.2, 0.25) is 0 Å². The molecule has 1 aliphatic heterocycles. The molecule has 2 aromatic carbocycles. The highest BCUT2D eigenvalue weighted by molar-refractivity contribution is 5.89. The summed E-state index contributed by atoms with van der Waals surface area (Å²) in [6.07, 6.45) is 7.32. The summed E-state index contributed by atoms with van der Waals surface area (Å²) in [6.45, 7) is 1.65. The lowest BCUT2D eigenvalue weighted by atomic mass is 9.90. The molecule has 0 radical (unpaired) electrons. The van der Waals surface area contributed by atoms with E-state index in [0.717, 1.165) is 38.0 Å². The summed E-state index contributed by atoms with van der Waals surface area (Å²) in [4.78, 5) is 14.3. The molecule has 0 spiro atoms. The van der Waals surface area contributed by atoms with Crippen LogP contribution < -0.4 is 5.32 Å². The molecule has 1 saturated heterocycles. The lowest BCUT2D eigenvalue weighted by molar-refractivity contribution is 0.182. The van der Waals surface area contributed by atoms with Gasteiger partial charge in [-0.2, -0.15) is 0 Å². The van der Waals surface area contributed by atoms with Crippen molar-refractivity contribution in [2.24, 2.45) is 5.92 Å². The van der Waals surface area contributed by atoms with Crippen molar-refractivity contribution in [2.45, 2.75) is 19.3 Å². The number of likely N-dealkylation sites (tertiary alicyclic amines) is 1. The van der Waals surface area contributed by atoms with Gasteiger partial charge in [0.05, 0.1) is 0 Å². The third kappa shape index (κ3) is 4.40. The van der Waals surface area contributed by atoms with Gasteiger partial charge in [0.15, 0.2) is 0 Å². The molecule has 2 amide bonds. The molecule has 4 nitrogen and oxygen atoms in total. The Morgan fingerprint density at radius 3 is 2.22 bits per heavy atom. The Bertz CT molecular complexity index is 848. The van der Waals surface area contributed by atoms with Crippen LogP contribution >= 0.6 is 0 Å². The predicted octanol–water partition coefficient (Wildman–Crippen LogP) is 4.96. The molecule has 1 fully saturated rings. The average Bonchev–Trinajstić information content (AvgIpc) is 3.25. The SMILES string of the molecule is O=C(Nc1ccccc1)N1CCC(Cc2ccc(-n3cccc3)cc2)CC1. The summed E-state index contributed by atoms with van der Waals surface area (Å²) in [5, 5.41) is 2.98. The lowest BCUT2D eigenvalue weighted by Gasteiger charge is -2.32. The Labute approximate surface area is 160 Å². The minimum Gasteiger partial charge on any atom is -0.325 e. The largest absolute Gasteiger partial charge is 0.325 e. The van der Waals surface area contributed by atoms with Gasteiger partial charge in [-0.25, -0.2) is 4.79 Å². The smallest absolute Gasteiger partial charge is 0.321 e. The maximum absolute atomic E-state index is 12.4. The van der Waals surface area contributed by atoms with E-state index in [0.29, 0.717) is 5.92 Å². The molecule has 0 atom stereocenters. The number of piperidine rings is 1. The van der Waals surface area contributed by atoms with Crippen molar-refractivity contribution in [1.29, 1.82) is 0 Å². The number of nitrogens with one attached hydrogen (secondary N) is 1. The molecular formula is C23H25N3O. The van der Waals surface area contributed by atoms with Crippen molar-refractivity contribution in [1.82, 2.24) is 9.47 Å². The second kappa shape index (κ2) is 8.12. The number of nitrogens with zero attached hydrogens (tertiary/aromatic N) is 2. The quantitative estimate of drug-likeness (QED) is 0.702. The summed E-state index contributed by atoms with van der Waals surface area (Å²) >= 11 is 0. The van der Waals surface area contributed by atoms with E-state index in [1.54, 1.807) is 0 Å². The summed E-state index contributed by atoms with van der Waals surface area (Å²) in [5.74, 6) is 0.642. The van der Waals surface area contributed by atoms with E-state index in [9.17, 15) is 4.79 Å². The van der Waals surface area contributed by atoms with Crippen LogP contribution in [-0.2, 0) is 6.42 Å². The first kappa shape index (κ1) is 17.4. The maximum Gasteiger partial charge on any atom is 0.321 e. The normalized spacial score (nSPS) is 14.9. The fourth-order valence-corrected chi connectivity index (χ4v) is 3.71. The molecular weight excluding hydrogens is 334 g/mol. The number of carbonyl (C=O) groups is 1. The van der Waals surface area contributed by atoms with E-state index in [4.69, 9.17) is 0 Å². The third-order valence-corrected chi connectivity index (χ3v) is 5.29. The summed E-state index contributed by atoms with van der Waals surface area (Å²) in [6, 6.07) is 22.5. The molecule has 1 N–H and O–H groups in total.